The Morgan fingerprint density at radius 3 is 2.64 bits per heavy atom. The van der Waals surface area contributed by atoms with Crippen LogP contribution in [0.4, 0.5) is 5.69 Å². The predicted molar refractivity (Wildman–Crippen MR) is 107 cm³/mol. The third-order valence-corrected chi connectivity index (χ3v) is 4.22. The number of esters is 1. The molecule has 28 heavy (non-hydrogen) atoms. The van der Waals surface area contributed by atoms with Crippen LogP contribution in [0.25, 0.3) is 5.57 Å². The fraction of sp³-hybridized carbons (Fsp3) is 0.273. The molecule has 1 amide bonds. The highest BCUT2D eigenvalue weighted by molar-refractivity contribution is 6.26. The van der Waals surface area contributed by atoms with Crippen molar-refractivity contribution in [3.63, 3.8) is 0 Å². The second kappa shape index (κ2) is 7.76. The molecule has 1 N–H and O–H groups in total. The molecule has 0 spiro atoms. The Balaban J connectivity index is 1.91. The topological polar surface area (TPSA) is 73.9 Å². The van der Waals surface area contributed by atoms with Gasteiger partial charge in [0, 0.05) is 11.3 Å². The van der Waals surface area contributed by atoms with Crippen molar-refractivity contribution in [3.05, 3.63) is 59.7 Å². The lowest BCUT2D eigenvalue weighted by Gasteiger charge is -2.31. The van der Waals surface area contributed by atoms with E-state index >= 15 is 0 Å². The van der Waals surface area contributed by atoms with Crippen molar-refractivity contribution in [1.82, 2.24) is 0 Å². The second-order valence-corrected chi connectivity index (χ2v) is 6.88. The average Bonchev–Trinajstić information content (AvgIpc) is 2.66. The van der Waals surface area contributed by atoms with Gasteiger partial charge in [0.1, 0.15) is 17.1 Å². The number of carbonyl (C=O) groups is 2. The summed E-state index contributed by atoms with van der Waals surface area (Å²) in [5, 5.41) is 2.85. The highest BCUT2D eigenvalue weighted by Crippen LogP contribution is 2.38. The van der Waals surface area contributed by atoms with E-state index in [1.165, 1.54) is 0 Å². The third kappa shape index (κ3) is 4.17. The van der Waals surface area contributed by atoms with Crippen LogP contribution < -0.4 is 14.8 Å². The number of carbonyl (C=O) groups excluding carboxylic acids is 2. The standard InChI is InChI=1S/C22H23NO5/c1-5-27-21(25)14-7-6-8-15(11-14)23-20(24)18-13-22(2,3)28-19-10-9-16(26-4)12-17(18)19/h6-13H,5H2,1-4H3,(H,23,24). The Morgan fingerprint density at radius 1 is 1.14 bits per heavy atom. The van der Waals surface area contributed by atoms with E-state index in [0.29, 0.717) is 33.9 Å². The van der Waals surface area contributed by atoms with Crippen LogP contribution in [0.3, 0.4) is 0 Å². The van der Waals surface area contributed by atoms with E-state index in [0.717, 1.165) is 0 Å². The van der Waals surface area contributed by atoms with Gasteiger partial charge in [-0.3, -0.25) is 4.79 Å². The first-order valence-corrected chi connectivity index (χ1v) is 9.02. The molecule has 0 unspecified atom stereocenters. The highest BCUT2D eigenvalue weighted by atomic mass is 16.5. The van der Waals surface area contributed by atoms with Gasteiger partial charge in [0.15, 0.2) is 0 Å². The zero-order valence-corrected chi connectivity index (χ0v) is 16.4. The molecule has 2 aromatic rings. The van der Waals surface area contributed by atoms with Crippen molar-refractivity contribution in [1.29, 1.82) is 0 Å². The summed E-state index contributed by atoms with van der Waals surface area (Å²) >= 11 is 0. The zero-order valence-electron chi connectivity index (χ0n) is 16.4. The number of fused-ring (bicyclic) bond motifs is 1. The molecule has 0 saturated heterocycles. The van der Waals surface area contributed by atoms with E-state index < -0.39 is 11.6 Å². The van der Waals surface area contributed by atoms with Gasteiger partial charge in [-0.25, -0.2) is 4.79 Å². The number of hydrogen-bond acceptors (Lipinski definition) is 5. The Hall–Kier alpha value is -3.28. The lowest BCUT2D eigenvalue weighted by molar-refractivity contribution is -0.111. The molecule has 0 aromatic heterocycles. The summed E-state index contributed by atoms with van der Waals surface area (Å²) < 4.78 is 16.2. The maximum Gasteiger partial charge on any atom is 0.338 e. The molecular weight excluding hydrogens is 358 g/mol. The van der Waals surface area contributed by atoms with Gasteiger partial charge < -0.3 is 19.5 Å². The van der Waals surface area contributed by atoms with Crippen molar-refractivity contribution >= 4 is 23.1 Å². The number of ether oxygens (including phenoxy) is 3. The molecule has 6 heteroatoms. The molecule has 0 bridgehead atoms. The molecule has 1 heterocycles. The fourth-order valence-electron chi connectivity index (χ4n) is 3.00. The van der Waals surface area contributed by atoms with E-state index in [-0.39, 0.29) is 12.5 Å². The number of anilines is 1. The van der Waals surface area contributed by atoms with Gasteiger partial charge in [0.2, 0.25) is 0 Å². The summed E-state index contributed by atoms with van der Waals surface area (Å²) in [6.45, 7) is 5.80. The van der Waals surface area contributed by atoms with Crippen LogP contribution >= 0.6 is 0 Å². The lowest BCUT2D eigenvalue weighted by Crippen LogP contribution is -2.31. The first kappa shape index (κ1) is 19.5. The summed E-state index contributed by atoms with van der Waals surface area (Å²) in [5.74, 6) is 0.510. The predicted octanol–water partition coefficient (Wildman–Crippen LogP) is 4.07. The molecule has 0 atom stereocenters. The van der Waals surface area contributed by atoms with Crippen molar-refractivity contribution in [2.75, 3.05) is 19.0 Å². The minimum atomic E-state index is -0.638. The number of rotatable bonds is 5. The maximum absolute atomic E-state index is 13.0. The number of nitrogens with one attached hydrogen (secondary N) is 1. The molecule has 2 aromatic carbocycles. The van der Waals surface area contributed by atoms with Gasteiger partial charge in [0.05, 0.1) is 24.9 Å². The molecule has 0 radical (unpaired) electrons. The van der Waals surface area contributed by atoms with Crippen LogP contribution in [0.1, 0.15) is 36.7 Å². The minimum Gasteiger partial charge on any atom is -0.497 e. The summed E-state index contributed by atoms with van der Waals surface area (Å²) in [6, 6.07) is 12.0. The van der Waals surface area contributed by atoms with Crippen LogP contribution in [0.15, 0.2) is 48.5 Å². The largest absolute Gasteiger partial charge is 0.497 e. The Kier molecular flexibility index (Phi) is 5.40. The second-order valence-electron chi connectivity index (χ2n) is 6.88. The Labute approximate surface area is 164 Å². The Bertz CT molecular complexity index is 946. The highest BCUT2D eigenvalue weighted by Gasteiger charge is 2.30. The zero-order chi connectivity index (χ0) is 20.3. The van der Waals surface area contributed by atoms with Crippen LogP contribution in [0.2, 0.25) is 0 Å². The van der Waals surface area contributed by atoms with Gasteiger partial charge >= 0.3 is 5.97 Å². The summed E-state index contributed by atoms with van der Waals surface area (Å²) in [7, 11) is 1.57. The normalized spacial score (nSPS) is 14.2. The summed E-state index contributed by atoms with van der Waals surface area (Å²) in [6.07, 6.45) is 1.78. The van der Waals surface area contributed by atoms with Crippen molar-refractivity contribution in [2.24, 2.45) is 0 Å². The molecule has 0 aliphatic carbocycles. The molecule has 0 saturated carbocycles. The van der Waals surface area contributed by atoms with Gasteiger partial charge in [-0.1, -0.05) is 6.07 Å². The molecule has 0 fully saturated rings. The molecule has 146 valence electrons. The van der Waals surface area contributed by atoms with E-state index in [1.54, 1.807) is 62.6 Å². The number of benzene rings is 2. The van der Waals surface area contributed by atoms with E-state index in [9.17, 15) is 9.59 Å². The summed E-state index contributed by atoms with van der Waals surface area (Å²) in [4.78, 5) is 25.0. The first-order valence-electron chi connectivity index (χ1n) is 9.02. The van der Waals surface area contributed by atoms with Crippen molar-refractivity contribution < 1.29 is 23.8 Å². The van der Waals surface area contributed by atoms with Gasteiger partial charge in [0.25, 0.3) is 5.91 Å². The quantitative estimate of drug-likeness (QED) is 0.791. The summed E-state index contributed by atoms with van der Waals surface area (Å²) in [5.41, 5.74) is 1.37. The van der Waals surface area contributed by atoms with Crippen LogP contribution in [-0.2, 0) is 9.53 Å². The fourth-order valence-corrected chi connectivity index (χ4v) is 3.00. The number of amides is 1. The van der Waals surface area contributed by atoms with Crippen LogP contribution in [-0.4, -0.2) is 31.2 Å². The third-order valence-electron chi connectivity index (χ3n) is 4.22. The van der Waals surface area contributed by atoms with Crippen molar-refractivity contribution in [2.45, 2.75) is 26.4 Å². The molecule has 3 rings (SSSR count). The van der Waals surface area contributed by atoms with Crippen LogP contribution in [0.5, 0.6) is 11.5 Å². The van der Waals surface area contributed by atoms with Crippen molar-refractivity contribution in [3.8, 4) is 11.5 Å². The smallest absolute Gasteiger partial charge is 0.338 e. The molecular formula is C22H23NO5. The van der Waals surface area contributed by atoms with Gasteiger partial charge in [-0.2, -0.15) is 0 Å². The number of methoxy groups -OCH3 is 1. The minimum absolute atomic E-state index is 0.288. The van der Waals surface area contributed by atoms with E-state index in [2.05, 4.69) is 5.32 Å². The van der Waals surface area contributed by atoms with Gasteiger partial charge in [-0.15, -0.1) is 0 Å². The first-order chi connectivity index (χ1) is 13.3. The molecule has 1 aliphatic rings. The number of hydrogen-bond donors (Lipinski definition) is 1. The monoisotopic (exact) mass is 381 g/mol. The molecule has 1 aliphatic heterocycles. The van der Waals surface area contributed by atoms with Crippen LogP contribution in [0, 0.1) is 0 Å². The van der Waals surface area contributed by atoms with Gasteiger partial charge in [-0.05, 0) is 63.2 Å². The molecule has 6 nitrogen and oxygen atoms in total. The van der Waals surface area contributed by atoms with E-state index in [4.69, 9.17) is 14.2 Å². The average molecular weight is 381 g/mol. The lowest BCUT2D eigenvalue weighted by atomic mass is 9.94. The Morgan fingerprint density at radius 2 is 1.93 bits per heavy atom. The SMILES string of the molecule is CCOC(=O)c1cccc(NC(=O)C2=CC(C)(C)Oc3ccc(OC)cc32)c1. The van der Waals surface area contributed by atoms with E-state index in [1.807, 2.05) is 13.8 Å². The maximum atomic E-state index is 13.0.